The Bertz CT molecular complexity index is 910. The van der Waals surface area contributed by atoms with E-state index in [9.17, 15) is 9.59 Å². The van der Waals surface area contributed by atoms with Gasteiger partial charge in [-0.15, -0.1) is 0 Å². The van der Waals surface area contributed by atoms with E-state index in [-0.39, 0.29) is 17.9 Å². The zero-order chi connectivity index (χ0) is 22.9. The van der Waals surface area contributed by atoms with Crippen LogP contribution in [-0.2, 0) is 9.53 Å². The standard InChI is InChI=1S/C25H32N4O4/c30-23(11-6-18-32-20-7-2-1-3-8-20)28-13-15-29(16-14-28)24-22(10-4-12-26-24)25(31)27-19-21-9-5-17-33-21/h1-4,7-8,10,12,21H,5-6,9,11,13-19H2,(H,27,31). The highest BCUT2D eigenvalue weighted by molar-refractivity contribution is 5.99. The molecule has 0 bridgehead atoms. The molecule has 176 valence electrons. The van der Waals surface area contributed by atoms with Crippen LogP contribution in [0, 0.1) is 0 Å². The van der Waals surface area contributed by atoms with E-state index in [4.69, 9.17) is 9.47 Å². The van der Waals surface area contributed by atoms with E-state index in [0.717, 1.165) is 25.2 Å². The molecule has 4 rings (SSSR count). The Labute approximate surface area is 194 Å². The number of nitrogens with zero attached hydrogens (tertiary/aromatic N) is 3. The van der Waals surface area contributed by atoms with Crippen molar-refractivity contribution in [3.63, 3.8) is 0 Å². The monoisotopic (exact) mass is 452 g/mol. The molecule has 33 heavy (non-hydrogen) atoms. The quantitative estimate of drug-likeness (QED) is 0.589. The number of rotatable bonds is 9. The fourth-order valence-corrected chi connectivity index (χ4v) is 4.19. The van der Waals surface area contributed by atoms with Crippen LogP contribution in [0.15, 0.2) is 48.7 Å². The Balaban J connectivity index is 1.23. The predicted molar refractivity (Wildman–Crippen MR) is 126 cm³/mol. The number of pyridine rings is 1. The maximum Gasteiger partial charge on any atom is 0.255 e. The molecule has 1 unspecified atom stereocenters. The minimum Gasteiger partial charge on any atom is -0.494 e. The number of benzene rings is 1. The molecule has 0 radical (unpaired) electrons. The highest BCUT2D eigenvalue weighted by Gasteiger charge is 2.25. The van der Waals surface area contributed by atoms with Gasteiger partial charge in [0.1, 0.15) is 11.6 Å². The van der Waals surface area contributed by atoms with Crippen molar-refractivity contribution in [2.24, 2.45) is 0 Å². The van der Waals surface area contributed by atoms with E-state index in [1.54, 1.807) is 18.3 Å². The summed E-state index contributed by atoms with van der Waals surface area (Å²) in [6, 6.07) is 13.2. The molecule has 8 heteroatoms. The second kappa shape index (κ2) is 11.7. The highest BCUT2D eigenvalue weighted by Crippen LogP contribution is 2.20. The number of amides is 2. The summed E-state index contributed by atoms with van der Waals surface area (Å²) in [6.45, 7) is 4.33. The van der Waals surface area contributed by atoms with E-state index in [0.29, 0.717) is 63.6 Å². The molecule has 2 fully saturated rings. The molecule has 2 aromatic rings. The van der Waals surface area contributed by atoms with Gasteiger partial charge in [0.2, 0.25) is 5.91 Å². The van der Waals surface area contributed by atoms with Crippen molar-refractivity contribution in [3.05, 3.63) is 54.2 Å². The number of aromatic nitrogens is 1. The lowest BCUT2D eigenvalue weighted by Gasteiger charge is -2.36. The van der Waals surface area contributed by atoms with Gasteiger partial charge < -0.3 is 24.6 Å². The number of para-hydroxylation sites is 1. The van der Waals surface area contributed by atoms with Gasteiger partial charge in [-0.05, 0) is 43.5 Å². The molecule has 2 amide bonds. The maximum atomic E-state index is 12.8. The van der Waals surface area contributed by atoms with E-state index < -0.39 is 0 Å². The van der Waals surface area contributed by atoms with Gasteiger partial charge in [-0.2, -0.15) is 0 Å². The van der Waals surface area contributed by atoms with E-state index in [2.05, 4.69) is 15.2 Å². The lowest BCUT2D eigenvalue weighted by molar-refractivity contribution is -0.131. The zero-order valence-electron chi connectivity index (χ0n) is 18.9. The zero-order valence-corrected chi connectivity index (χ0v) is 18.9. The molecule has 2 saturated heterocycles. The Morgan fingerprint density at radius 1 is 1.09 bits per heavy atom. The van der Waals surface area contributed by atoms with Gasteiger partial charge in [0, 0.05) is 51.9 Å². The second-order valence-corrected chi connectivity index (χ2v) is 8.35. The number of ether oxygens (including phenoxy) is 2. The summed E-state index contributed by atoms with van der Waals surface area (Å²) >= 11 is 0. The molecule has 1 aromatic carbocycles. The summed E-state index contributed by atoms with van der Waals surface area (Å²) in [5, 5.41) is 2.98. The molecule has 0 saturated carbocycles. The molecule has 2 aliphatic heterocycles. The molecule has 0 spiro atoms. The van der Waals surface area contributed by atoms with Gasteiger partial charge in [-0.25, -0.2) is 4.98 Å². The molecule has 1 aromatic heterocycles. The first kappa shape index (κ1) is 23.0. The lowest BCUT2D eigenvalue weighted by Crippen LogP contribution is -2.49. The van der Waals surface area contributed by atoms with E-state index in [1.165, 1.54) is 0 Å². The van der Waals surface area contributed by atoms with Gasteiger partial charge in [-0.3, -0.25) is 9.59 Å². The first-order valence-corrected chi connectivity index (χ1v) is 11.8. The molecule has 2 aliphatic rings. The number of anilines is 1. The third kappa shape index (κ3) is 6.44. The normalized spacial score (nSPS) is 18.2. The molecular weight excluding hydrogens is 420 g/mol. The van der Waals surface area contributed by atoms with Crippen LogP contribution in [0.1, 0.15) is 36.0 Å². The van der Waals surface area contributed by atoms with E-state index in [1.807, 2.05) is 35.2 Å². The molecule has 8 nitrogen and oxygen atoms in total. The second-order valence-electron chi connectivity index (χ2n) is 8.35. The number of piperazine rings is 1. The molecule has 3 heterocycles. The maximum absolute atomic E-state index is 12.8. The molecule has 1 atom stereocenters. The van der Waals surface area contributed by atoms with Crippen molar-refractivity contribution >= 4 is 17.6 Å². The Morgan fingerprint density at radius 3 is 2.67 bits per heavy atom. The smallest absolute Gasteiger partial charge is 0.255 e. The summed E-state index contributed by atoms with van der Waals surface area (Å²) in [5.41, 5.74) is 0.563. The summed E-state index contributed by atoms with van der Waals surface area (Å²) in [5.74, 6) is 1.50. The van der Waals surface area contributed by atoms with Gasteiger partial charge >= 0.3 is 0 Å². The summed E-state index contributed by atoms with van der Waals surface area (Å²) in [7, 11) is 0. The van der Waals surface area contributed by atoms with Crippen LogP contribution in [0.4, 0.5) is 5.82 Å². The first-order valence-electron chi connectivity index (χ1n) is 11.8. The lowest BCUT2D eigenvalue weighted by atomic mass is 10.2. The summed E-state index contributed by atoms with van der Waals surface area (Å²) in [6.07, 6.45) is 4.98. The van der Waals surface area contributed by atoms with Gasteiger partial charge in [-0.1, -0.05) is 18.2 Å². The third-order valence-electron chi connectivity index (χ3n) is 6.02. The Hall–Kier alpha value is -3.13. The van der Waals surface area contributed by atoms with Crippen LogP contribution in [0.2, 0.25) is 0 Å². The van der Waals surface area contributed by atoms with Crippen molar-refractivity contribution in [2.45, 2.75) is 31.8 Å². The largest absolute Gasteiger partial charge is 0.494 e. The number of hydrogen-bond donors (Lipinski definition) is 1. The van der Waals surface area contributed by atoms with Crippen LogP contribution in [0.5, 0.6) is 5.75 Å². The fraction of sp³-hybridized carbons (Fsp3) is 0.480. The van der Waals surface area contributed by atoms with Crippen molar-refractivity contribution in [3.8, 4) is 5.75 Å². The third-order valence-corrected chi connectivity index (χ3v) is 6.02. The van der Waals surface area contributed by atoms with Crippen molar-refractivity contribution in [2.75, 3.05) is 50.8 Å². The average molecular weight is 453 g/mol. The number of carbonyl (C=O) groups is 2. The Morgan fingerprint density at radius 2 is 1.91 bits per heavy atom. The number of nitrogens with one attached hydrogen (secondary N) is 1. The minimum absolute atomic E-state index is 0.0988. The minimum atomic E-state index is -0.134. The van der Waals surface area contributed by atoms with Crippen molar-refractivity contribution in [1.82, 2.24) is 15.2 Å². The predicted octanol–water partition coefficient (Wildman–Crippen LogP) is 2.50. The fourth-order valence-electron chi connectivity index (χ4n) is 4.19. The number of carbonyl (C=O) groups excluding carboxylic acids is 2. The Kier molecular flexibility index (Phi) is 8.14. The molecule has 0 aliphatic carbocycles. The van der Waals surface area contributed by atoms with Crippen molar-refractivity contribution in [1.29, 1.82) is 0 Å². The van der Waals surface area contributed by atoms with Crippen LogP contribution in [0.3, 0.4) is 0 Å². The summed E-state index contributed by atoms with van der Waals surface area (Å²) < 4.78 is 11.3. The average Bonchev–Trinajstić information content (AvgIpc) is 3.40. The van der Waals surface area contributed by atoms with E-state index >= 15 is 0 Å². The van der Waals surface area contributed by atoms with Crippen LogP contribution in [0.25, 0.3) is 0 Å². The summed E-state index contributed by atoms with van der Waals surface area (Å²) in [4.78, 5) is 33.8. The topological polar surface area (TPSA) is 84.0 Å². The SMILES string of the molecule is O=C(NCC1CCCO1)c1cccnc1N1CCN(C(=O)CCCOc2ccccc2)CC1. The van der Waals surface area contributed by atoms with Gasteiger partial charge in [0.05, 0.1) is 18.3 Å². The highest BCUT2D eigenvalue weighted by atomic mass is 16.5. The molecule has 1 N–H and O–H groups in total. The van der Waals surface area contributed by atoms with Gasteiger partial charge in [0.25, 0.3) is 5.91 Å². The van der Waals surface area contributed by atoms with Gasteiger partial charge in [0.15, 0.2) is 0 Å². The van der Waals surface area contributed by atoms with Crippen LogP contribution >= 0.6 is 0 Å². The van der Waals surface area contributed by atoms with Crippen LogP contribution < -0.4 is 15.0 Å². The molecular formula is C25H32N4O4. The van der Waals surface area contributed by atoms with Crippen molar-refractivity contribution < 1.29 is 19.1 Å². The van der Waals surface area contributed by atoms with Crippen LogP contribution in [-0.4, -0.2) is 73.7 Å². The first-order chi connectivity index (χ1) is 16.2. The number of hydrogen-bond acceptors (Lipinski definition) is 6.